The summed E-state index contributed by atoms with van der Waals surface area (Å²) in [5.41, 5.74) is 4.29. The average molecular weight is 503 g/mol. The van der Waals surface area contributed by atoms with Gasteiger partial charge < -0.3 is 19.7 Å². The number of benzene rings is 3. The van der Waals surface area contributed by atoms with Crippen LogP contribution in [0.4, 0.5) is 10.1 Å². The number of fused-ring (bicyclic) bond motifs is 2. The number of unbranched alkanes of at least 4 members (excludes halogenated alkanes) is 1. The lowest BCUT2D eigenvalue weighted by Crippen LogP contribution is -2.46. The van der Waals surface area contributed by atoms with Gasteiger partial charge in [0.15, 0.2) is 11.5 Å². The van der Waals surface area contributed by atoms with Crippen LogP contribution in [-0.4, -0.2) is 42.0 Å². The summed E-state index contributed by atoms with van der Waals surface area (Å²) < 4.78 is 29.3. The first-order chi connectivity index (χ1) is 18.2. The highest BCUT2D eigenvalue weighted by Crippen LogP contribution is 2.42. The van der Waals surface area contributed by atoms with Crippen molar-refractivity contribution in [3.63, 3.8) is 0 Å². The predicted molar refractivity (Wildman–Crippen MR) is 143 cm³/mol. The minimum atomic E-state index is -0.329. The molecule has 2 aliphatic heterocycles. The van der Waals surface area contributed by atoms with Crippen LogP contribution >= 0.6 is 0 Å². The van der Waals surface area contributed by atoms with E-state index >= 15 is 0 Å². The zero-order valence-electron chi connectivity index (χ0n) is 21.0. The highest BCUT2D eigenvalue weighted by Gasteiger charge is 2.31. The normalized spacial score (nSPS) is 17.4. The van der Waals surface area contributed by atoms with Crippen LogP contribution in [0.3, 0.4) is 0 Å². The van der Waals surface area contributed by atoms with Crippen LogP contribution in [-0.2, 0) is 6.54 Å². The van der Waals surface area contributed by atoms with Crippen LogP contribution in [0.1, 0.15) is 31.4 Å². The fourth-order valence-corrected chi connectivity index (χ4v) is 5.51. The molecule has 0 radical (unpaired) electrons. The fraction of sp³-hybridized carbons (Fsp3) is 0.345. The Hall–Kier alpha value is -3.78. The second kappa shape index (κ2) is 9.94. The van der Waals surface area contributed by atoms with Crippen molar-refractivity contribution in [1.82, 2.24) is 14.5 Å². The van der Waals surface area contributed by atoms with E-state index in [1.54, 1.807) is 16.7 Å². The molecule has 1 atom stereocenters. The van der Waals surface area contributed by atoms with Crippen LogP contribution in [0.15, 0.2) is 65.5 Å². The molecule has 2 aliphatic rings. The van der Waals surface area contributed by atoms with Gasteiger partial charge in [-0.3, -0.25) is 9.13 Å². The van der Waals surface area contributed by atoms with Gasteiger partial charge in [0.05, 0.1) is 28.5 Å². The molecule has 192 valence electrons. The summed E-state index contributed by atoms with van der Waals surface area (Å²) in [6, 6.07) is 18.3. The third-order valence-corrected chi connectivity index (χ3v) is 7.26. The number of hydrogen-bond donors (Lipinski definition) is 1. The maximum atomic E-state index is 13.8. The number of rotatable bonds is 6. The van der Waals surface area contributed by atoms with Gasteiger partial charge in [0, 0.05) is 31.7 Å². The molecule has 6 rings (SSSR count). The first kappa shape index (κ1) is 23.6. The van der Waals surface area contributed by atoms with Crippen LogP contribution in [0.2, 0.25) is 0 Å². The van der Waals surface area contributed by atoms with Crippen molar-refractivity contribution in [3.8, 4) is 17.2 Å². The summed E-state index contributed by atoms with van der Waals surface area (Å²) in [6.45, 7) is 6.11. The SMILES string of the molecule is CCCCn1c(=O)n(-c2ccc(F)cc2)c2c(N3CCNCC3c3cccc4c3OCCO4)cccc21. The van der Waals surface area contributed by atoms with E-state index in [1.165, 1.54) is 12.1 Å². The Balaban J connectivity index is 1.55. The number of piperazine rings is 1. The number of hydrogen-bond acceptors (Lipinski definition) is 5. The molecule has 0 amide bonds. The van der Waals surface area contributed by atoms with E-state index in [-0.39, 0.29) is 17.5 Å². The van der Waals surface area contributed by atoms with E-state index in [2.05, 4.69) is 29.3 Å². The Morgan fingerprint density at radius 2 is 1.84 bits per heavy atom. The number of para-hydroxylation sites is 2. The van der Waals surface area contributed by atoms with E-state index in [0.717, 1.165) is 66.3 Å². The standard InChI is InChI=1S/C29H31FN4O3/c1-2-3-15-33-24-8-5-7-23(27(24)34(29(33)35)21-12-10-20(30)11-13-21)32-16-14-31-19-25(32)22-6-4-9-26-28(22)37-18-17-36-26/h4-13,25,31H,2-3,14-19H2,1H3. The molecule has 37 heavy (non-hydrogen) atoms. The average Bonchev–Trinajstić information content (AvgIpc) is 3.23. The molecule has 1 unspecified atom stereocenters. The van der Waals surface area contributed by atoms with Gasteiger partial charge in [-0.05, 0) is 48.9 Å². The lowest BCUT2D eigenvalue weighted by Gasteiger charge is -2.39. The molecule has 3 aromatic carbocycles. The largest absolute Gasteiger partial charge is 0.486 e. The zero-order chi connectivity index (χ0) is 25.4. The molecule has 1 fully saturated rings. The van der Waals surface area contributed by atoms with Crippen molar-refractivity contribution in [3.05, 3.63) is 82.5 Å². The molecule has 4 aromatic rings. The van der Waals surface area contributed by atoms with Crippen molar-refractivity contribution < 1.29 is 13.9 Å². The van der Waals surface area contributed by atoms with Crippen LogP contribution in [0.25, 0.3) is 16.7 Å². The van der Waals surface area contributed by atoms with Gasteiger partial charge in [0.2, 0.25) is 0 Å². The van der Waals surface area contributed by atoms with E-state index in [4.69, 9.17) is 9.47 Å². The van der Waals surface area contributed by atoms with Crippen molar-refractivity contribution in [2.75, 3.05) is 37.7 Å². The van der Waals surface area contributed by atoms with Gasteiger partial charge in [-0.1, -0.05) is 31.5 Å². The summed E-state index contributed by atoms with van der Waals surface area (Å²) in [4.78, 5) is 16.2. The summed E-state index contributed by atoms with van der Waals surface area (Å²) >= 11 is 0. The van der Waals surface area contributed by atoms with Crippen molar-refractivity contribution >= 4 is 16.7 Å². The number of halogens is 1. The van der Waals surface area contributed by atoms with Crippen molar-refractivity contribution in [1.29, 1.82) is 0 Å². The molecule has 1 N–H and O–H groups in total. The molecule has 0 saturated carbocycles. The molecular weight excluding hydrogens is 471 g/mol. The van der Waals surface area contributed by atoms with Gasteiger partial charge in [0.25, 0.3) is 0 Å². The topological polar surface area (TPSA) is 60.7 Å². The summed E-state index contributed by atoms with van der Waals surface area (Å²) in [7, 11) is 0. The molecule has 3 heterocycles. The Bertz CT molecular complexity index is 1480. The number of ether oxygens (including phenoxy) is 2. The van der Waals surface area contributed by atoms with E-state index in [0.29, 0.717) is 25.4 Å². The molecule has 8 heteroatoms. The number of nitrogens with zero attached hydrogens (tertiary/aromatic N) is 3. The first-order valence-electron chi connectivity index (χ1n) is 13.0. The Labute approximate surface area is 215 Å². The quantitative estimate of drug-likeness (QED) is 0.416. The number of aromatic nitrogens is 2. The van der Waals surface area contributed by atoms with E-state index in [9.17, 15) is 9.18 Å². The monoisotopic (exact) mass is 502 g/mol. The number of aryl methyl sites for hydroxylation is 1. The van der Waals surface area contributed by atoms with Crippen LogP contribution in [0, 0.1) is 5.82 Å². The lowest BCUT2D eigenvalue weighted by atomic mass is 10.00. The second-order valence-corrected chi connectivity index (χ2v) is 9.53. The van der Waals surface area contributed by atoms with Crippen LogP contribution < -0.4 is 25.4 Å². The van der Waals surface area contributed by atoms with Crippen molar-refractivity contribution in [2.45, 2.75) is 32.4 Å². The summed E-state index contributed by atoms with van der Waals surface area (Å²) in [5.74, 6) is 1.22. The maximum absolute atomic E-state index is 13.8. The highest BCUT2D eigenvalue weighted by atomic mass is 19.1. The third kappa shape index (κ3) is 4.15. The number of imidazole rings is 1. The van der Waals surface area contributed by atoms with Gasteiger partial charge in [-0.25, -0.2) is 9.18 Å². The first-order valence-corrected chi connectivity index (χ1v) is 13.0. The smallest absolute Gasteiger partial charge is 0.333 e. The number of anilines is 1. The van der Waals surface area contributed by atoms with Gasteiger partial charge in [-0.15, -0.1) is 0 Å². The molecule has 0 aliphatic carbocycles. The molecule has 0 bridgehead atoms. The van der Waals surface area contributed by atoms with E-state index < -0.39 is 0 Å². The summed E-state index contributed by atoms with van der Waals surface area (Å²) in [6.07, 6.45) is 1.88. The maximum Gasteiger partial charge on any atom is 0.333 e. The third-order valence-electron chi connectivity index (χ3n) is 7.26. The Morgan fingerprint density at radius 1 is 1.03 bits per heavy atom. The molecular formula is C29H31FN4O3. The van der Waals surface area contributed by atoms with Gasteiger partial charge in [-0.2, -0.15) is 0 Å². The Kier molecular flexibility index (Phi) is 6.34. The highest BCUT2D eigenvalue weighted by molar-refractivity contribution is 5.91. The number of nitrogens with one attached hydrogen (secondary N) is 1. The zero-order valence-corrected chi connectivity index (χ0v) is 21.0. The summed E-state index contributed by atoms with van der Waals surface area (Å²) in [5, 5.41) is 3.53. The van der Waals surface area contributed by atoms with E-state index in [1.807, 2.05) is 28.8 Å². The molecule has 1 saturated heterocycles. The second-order valence-electron chi connectivity index (χ2n) is 9.53. The van der Waals surface area contributed by atoms with Crippen LogP contribution in [0.5, 0.6) is 11.5 Å². The minimum absolute atomic E-state index is 0.0215. The van der Waals surface area contributed by atoms with Gasteiger partial charge >= 0.3 is 5.69 Å². The molecule has 1 aromatic heterocycles. The van der Waals surface area contributed by atoms with Crippen molar-refractivity contribution in [2.24, 2.45) is 0 Å². The lowest BCUT2D eigenvalue weighted by molar-refractivity contribution is 0.169. The minimum Gasteiger partial charge on any atom is -0.486 e. The van der Waals surface area contributed by atoms with Gasteiger partial charge in [0.1, 0.15) is 19.0 Å². The predicted octanol–water partition coefficient (Wildman–Crippen LogP) is 4.65. The molecule has 0 spiro atoms. The Morgan fingerprint density at radius 3 is 2.68 bits per heavy atom. The fourth-order valence-electron chi connectivity index (χ4n) is 5.51. The molecule has 7 nitrogen and oxygen atoms in total.